The van der Waals surface area contributed by atoms with E-state index >= 15 is 0 Å². The van der Waals surface area contributed by atoms with Crippen LogP contribution in [0.1, 0.15) is 28.8 Å². The van der Waals surface area contributed by atoms with E-state index in [9.17, 15) is 18.5 Å². The Labute approximate surface area is 206 Å². The van der Waals surface area contributed by atoms with Crippen molar-refractivity contribution in [1.82, 2.24) is 0 Å². The summed E-state index contributed by atoms with van der Waals surface area (Å²) < 4.78 is 27.9. The molecule has 1 aromatic heterocycles. The SMILES string of the molecule is N#Cc1c(NC(=O)CN(c2cccc(Cl)c2Cl)S(=O)(=O)c2ccccc2)sc2c1CCCC2. The lowest BCUT2D eigenvalue weighted by atomic mass is 9.96. The Hall–Kier alpha value is -2.57. The van der Waals surface area contributed by atoms with Crippen LogP contribution in [0.5, 0.6) is 0 Å². The van der Waals surface area contributed by atoms with Crippen molar-refractivity contribution in [3.8, 4) is 6.07 Å². The van der Waals surface area contributed by atoms with Gasteiger partial charge in [0.15, 0.2) is 0 Å². The van der Waals surface area contributed by atoms with Crippen LogP contribution in [0.15, 0.2) is 53.4 Å². The van der Waals surface area contributed by atoms with Crippen molar-refractivity contribution in [2.75, 3.05) is 16.2 Å². The zero-order valence-corrected chi connectivity index (χ0v) is 20.5. The average molecular weight is 520 g/mol. The summed E-state index contributed by atoms with van der Waals surface area (Å²) in [5, 5.41) is 13.0. The molecular formula is C23H19Cl2N3O3S2. The molecule has 3 aromatic rings. The predicted octanol–water partition coefficient (Wildman–Crippen LogP) is 5.64. The van der Waals surface area contributed by atoms with Crippen molar-refractivity contribution in [2.45, 2.75) is 30.6 Å². The molecule has 1 aliphatic rings. The van der Waals surface area contributed by atoms with Gasteiger partial charge >= 0.3 is 0 Å². The third-order valence-corrected chi connectivity index (χ3v) is 9.14. The predicted molar refractivity (Wildman–Crippen MR) is 132 cm³/mol. The zero-order valence-electron chi connectivity index (χ0n) is 17.3. The highest BCUT2D eigenvalue weighted by molar-refractivity contribution is 7.92. The van der Waals surface area contributed by atoms with Crippen LogP contribution in [0.25, 0.3) is 0 Å². The number of nitrogens with one attached hydrogen (secondary N) is 1. The van der Waals surface area contributed by atoms with E-state index in [1.165, 1.54) is 35.6 Å². The fourth-order valence-electron chi connectivity index (χ4n) is 3.77. The summed E-state index contributed by atoms with van der Waals surface area (Å²) in [6, 6.07) is 14.6. The third-order valence-electron chi connectivity index (χ3n) is 5.35. The number of sulfonamides is 1. The second-order valence-corrected chi connectivity index (χ2v) is 11.2. The van der Waals surface area contributed by atoms with Crippen molar-refractivity contribution in [1.29, 1.82) is 5.26 Å². The lowest BCUT2D eigenvalue weighted by Crippen LogP contribution is -2.38. The van der Waals surface area contributed by atoms with Gasteiger partial charge in [0, 0.05) is 4.88 Å². The third kappa shape index (κ3) is 4.73. The first-order chi connectivity index (χ1) is 15.8. The minimum Gasteiger partial charge on any atom is -0.315 e. The van der Waals surface area contributed by atoms with Gasteiger partial charge in [-0.25, -0.2) is 8.42 Å². The molecule has 1 aliphatic carbocycles. The lowest BCUT2D eigenvalue weighted by Gasteiger charge is -2.25. The van der Waals surface area contributed by atoms with E-state index in [4.69, 9.17) is 23.2 Å². The average Bonchev–Trinajstić information content (AvgIpc) is 3.16. The van der Waals surface area contributed by atoms with Gasteiger partial charge in [-0.1, -0.05) is 47.5 Å². The molecule has 1 heterocycles. The number of amides is 1. The monoisotopic (exact) mass is 519 g/mol. The van der Waals surface area contributed by atoms with Gasteiger partial charge in [-0.2, -0.15) is 5.26 Å². The number of nitrogens with zero attached hydrogens (tertiary/aromatic N) is 2. The maximum absolute atomic E-state index is 13.5. The van der Waals surface area contributed by atoms with Gasteiger partial charge in [0.05, 0.1) is 26.2 Å². The second-order valence-electron chi connectivity index (χ2n) is 7.47. The summed E-state index contributed by atoms with van der Waals surface area (Å²) in [5.74, 6) is -0.583. The highest BCUT2D eigenvalue weighted by Gasteiger charge is 2.30. The van der Waals surface area contributed by atoms with Crippen molar-refractivity contribution in [3.05, 3.63) is 74.6 Å². The molecule has 2 aromatic carbocycles. The van der Waals surface area contributed by atoms with E-state index < -0.39 is 22.5 Å². The van der Waals surface area contributed by atoms with E-state index in [1.807, 2.05) is 0 Å². The minimum atomic E-state index is -4.13. The molecule has 0 saturated heterocycles. The number of benzene rings is 2. The van der Waals surface area contributed by atoms with Crippen molar-refractivity contribution in [2.24, 2.45) is 0 Å². The van der Waals surface area contributed by atoms with Gasteiger partial charge in [0.2, 0.25) is 5.91 Å². The Bertz CT molecular complexity index is 1350. The number of fused-ring (bicyclic) bond motifs is 1. The summed E-state index contributed by atoms with van der Waals surface area (Å²) in [6.45, 7) is -0.537. The van der Waals surface area contributed by atoms with Crippen LogP contribution in [-0.4, -0.2) is 20.9 Å². The van der Waals surface area contributed by atoms with Crippen LogP contribution >= 0.6 is 34.5 Å². The molecule has 0 fully saturated rings. The van der Waals surface area contributed by atoms with Crippen molar-refractivity contribution < 1.29 is 13.2 Å². The number of aryl methyl sites for hydroxylation is 1. The Morgan fingerprint density at radius 2 is 1.82 bits per heavy atom. The van der Waals surface area contributed by atoms with Crippen molar-refractivity contribution in [3.63, 3.8) is 0 Å². The van der Waals surface area contributed by atoms with Gasteiger partial charge in [-0.05, 0) is 55.5 Å². The van der Waals surface area contributed by atoms with Crippen LogP contribution in [-0.2, 0) is 27.7 Å². The Balaban J connectivity index is 1.69. The van der Waals surface area contributed by atoms with E-state index in [1.54, 1.807) is 24.3 Å². The van der Waals surface area contributed by atoms with Gasteiger partial charge in [0.1, 0.15) is 17.6 Å². The fraction of sp³-hybridized carbons (Fsp3) is 0.217. The zero-order chi connectivity index (χ0) is 23.6. The molecule has 6 nitrogen and oxygen atoms in total. The molecule has 0 unspecified atom stereocenters. The highest BCUT2D eigenvalue weighted by Crippen LogP contribution is 2.38. The van der Waals surface area contributed by atoms with Gasteiger partial charge < -0.3 is 5.32 Å². The number of hydrogen-bond acceptors (Lipinski definition) is 5. The van der Waals surface area contributed by atoms with Gasteiger partial charge in [0.25, 0.3) is 10.0 Å². The quantitative estimate of drug-likeness (QED) is 0.456. The van der Waals surface area contributed by atoms with E-state index in [-0.39, 0.29) is 20.6 Å². The lowest BCUT2D eigenvalue weighted by molar-refractivity contribution is -0.114. The maximum atomic E-state index is 13.5. The van der Waals surface area contributed by atoms with Crippen LogP contribution < -0.4 is 9.62 Å². The molecule has 0 spiro atoms. The number of anilines is 2. The standard InChI is InChI=1S/C23H19Cl2N3O3S2/c24-18-10-6-11-19(22(18)25)28(33(30,31)15-7-2-1-3-8-15)14-21(29)27-23-17(13-26)16-9-4-5-12-20(16)32-23/h1-3,6-8,10-11H,4-5,9,12,14H2,(H,27,29). The largest absolute Gasteiger partial charge is 0.315 e. The molecule has 170 valence electrons. The van der Waals surface area contributed by atoms with Crippen LogP contribution in [0.4, 0.5) is 10.7 Å². The fourth-order valence-corrected chi connectivity index (χ4v) is 6.93. The number of carbonyl (C=O) groups is 1. The molecule has 0 saturated carbocycles. The Kier molecular flexibility index (Phi) is 6.96. The number of hydrogen-bond donors (Lipinski definition) is 1. The van der Waals surface area contributed by atoms with Crippen LogP contribution in [0.3, 0.4) is 0 Å². The summed E-state index contributed by atoms with van der Waals surface area (Å²) in [4.78, 5) is 14.2. The van der Waals surface area contributed by atoms with Crippen LogP contribution in [0, 0.1) is 11.3 Å². The van der Waals surface area contributed by atoms with Gasteiger partial charge in [-0.15, -0.1) is 11.3 Å². The molecule has 0 aliphatic heterocycles. The second kappa shape index (κ2) is 9.74. The van der Waals surface area contributed by atoms with Gasteiger partial charge in [-0.3, -0.25) is 9.10 Å². The van der Waals surface area contributed by atoms with E-state index in [0.29, 0.717) is 10.6 Å². The van der Waals surface area contributed by atoms with Crippen molar-refractivity contribution >= 4 is 61.2 Å². The van der Waals surface area contributed by atoms with Crippen LogP contribution in [0.2, 0.25) is 10.0 Å². The number of nitriles is 1. The number of carbonyl (C=O) groups excluding carboxylic acids is 1. The maximum Gasteiger partial charge on any atom is 0.264 e. The smallest absolute Gasteiger partial charge is 0.264 e. The molecule has 0 bridgehead atoms. The van der Waals surface area contributed by atoms with E-state index in [2.05, 4.69) is 11.4 Å². The summed E-state index contributed by atoms with van der Waals surface area (Å²) in [5.41, 5.74) is 1.53. The summed E-state index contributed by atoms with van der Waals surface area (Å²) in [7, 11) is -4.13. The minimum absolute atomic E-state index is 0.0122. The number of thiophene rings is 1. The summed E-state index contributed by atoms with van der Waals surface area (Å²) >= 11 is 13.8. The Morgan fingerprint density at radius 1 is 1.09 bits per heavy atom. The molecule has 0 radical (unpaired) electrons. The molecule has 10 heteroatoms. The normalized spacial score (nSPS) is 13.1. The first-order valence-corrected chi connectivity index (χ1v) is 13.2. The molecule has 1 amide bonds. The number of rotatable bonds is 6. The number of halogens is 2. The highest BCUT2D eigenvalue weighted by atomic mass is 35.5. The molecule has 1 N–H and O–H groups in total. The Morgan fingerprint density at radius 3 is 2.55 bits per heavy atom. The molecule has 0 atom stereocenters. The molecule has 33 heavy (non-hydrogen) atoms. The first kappa shape index (κ1) is 23.6. The molecular weight excluding hydrogens is 501 g/mol. The summed E-state index contributed by atoms with van der Waals surface area (Å²) in [6.07, 6.45) is 3.72. The van der Waals surface area contributed by atoms with E-state index in [0.717, 1.165) is 40.4 Å². The molecule has 4 rings (SSSR count). The first-order valence-electron chi connectivity index (χ1n) is 10.2. The topological polar surface area (TPSA) is 90.3 Å².